The van der Waals surface area contributed by atoms with Crippen LogP contribution in [0.25, 0.3) is 0 Å². The van der Waals surface area contributed by atoms with Crippen molar-refractivity contribution < 1.29 is 9.59 Å². The predicted molar refractivity (Wildman–Crippen MR) is 75.4 cm³/mol. The Morgan fingerprint density at radius 3 is 2.56 bits per heavy atom. The summed E-state index contributed by atoms with van der Waals surface area (Å²) in [6, 6.07) is 7.37. The van der Waals surface area contributed by atoms with Crippen molar-refractivity contribution in [3.05, 3.63) is 28.7 Å². The summed E-state index contributed by atoms with van der Waals surface area (Å²) < 4.78 is 0.871. The Labute approximate surface area is 115 Å². The molecule has 0 saturated heterocycles. The second kappa shape index (κ2) is 6.54. The average molecular weight is 313 g/mol. The van der Waals surface area contributed by atoms with Crippen molar-refractivity contribution in [1.82, 2.24) is 5.32 Å². The SMILES string of the molecule is CC(=O)N(CC(=O)NC(C)C)c1cccc(Br)c1. The zero-order valence-electron chi connectivity index (χ0n) is 10.7. The number of carbonyl (C=O) groups is 2. The van der Waals surface area contributed by atoms with Crippen molar-refractivity contribution in [2.24, 2.45) is 0 Å². The third kappa shape index (κ3) is 4.49. The molecule has 1 aromatic carbocycles. The maximum Gasteiger partial charge on any atom is 0.240 e. The van der Waals surface area contributed by atoms with E-state index in [1.54, 1.807) is 6.07 Å². The molecule has 4 nitrogen and oxygen atoms in total. The van der Waals surface area contributed by atoms with Crippen molar-refractivity contribution in [1.29, 1.82) is 0 Å². The van der Waals surface area contributed by atoms with E-state index in [0.717, 1.165) is 4.47 Å². The molecule has 1 rings (SSSR count). The van der Waals surface area contributed by atoms with E-state index in [2.05, 4.69) is 21.2 Å². The maximum absolute atomic E-state index is 11.7. The highest BCUT2D eigenvalue weighted by Gasteiger charge is 2.16. The van der Waals surface area contributed by atoms with E-state index in [0.29, 0.717) is 5.69 Å². The summed E-state index contributed by atoms with van der Waals surface area (Å²) in [5.41, 5.74) is 0.704. The van der Waals surface area contributed by atoms with Gasteiger partial charge in [0.1, 0.15) is 6.54 Å². The van der Waals surface area contributed by atoms with Crippen molar-refractivity contribution in [2.45, 2.75) is 26.8 Å². The Kier molecular flexibility index (Phi) is 5.34. The van der Waals surface area contributed by atoms with Crippen LogP contribution in [0, 0.1) is 0 Å². The van der Waals surface area contributed by atoms with Gasteiger partial charge in [-0.3, -0.25) is 9.59 Å². The van der Waals surface area contributed by atoms with Crippen LogP contribution in [-0.2, 0) is 9.59 Å². The molecule has 0 unspecified atom stereocenters. The molecule has 0 spiro atoms. The smallest absolute Gasteiger partial charge is 0.240 e. The van der Waals surface area contributed by atoms with Crippen LogP contribution in [-0.4, -0.2) is 24.4 Å². The van der Waals surface area contributed by atoms with Gasteiger partial charge in [0.05, 0.1) is 0 Å². The maximum atomic E-state index is 11.7. The van der Waals surface area contributed by atoms with Crippen LogP contribution >= 0.6 is 15.9 Å². The molecule has 5 heteroatoms. The highest BCUT2D eigenvalue weighted by atomic mass is 79.9. The predicted octanol–water partition coefficient (Wildman–Crippen LogP) is 2.33. The number of carbonyl (C=O) groups excluding carboxylic acids is 2. The molecule has 0 aliphatic carbocycles. The number of rotatable bonds is 4. The highest BCUT2D eigenvalue weighted by Crippen LogP contribution is 2.19. The van der Waals surface area contributed by atoms with Crippen LogP contribution in [0.2, 0.25) is 0 Å². The minimum Gasteiger partial charge on any atom is -0.352 e. The van der Waals surface area contributed by atoms with Gasteiger partial charge in [-0.05, 0) is 32.0 Å². The molecule has 0 heterocycles. The molecule has 0 bridgehead atoms. The molecule has 0 aliphatic heterocycles. The van der Waals surface area contributed by atoms with Gasteiger partial charge in [0.25, 0.3) is 0 Å². The Balaban J connectivity index is 2.84. The van der Waals surface area contributed by atoms with Gasteiger partial charge < -0.3 is 10.2 Å². The van der Waals surface area contributed by atoms with E-state index in [-0.39, 0.29) is 24.4 Å². The summed E-state index contributed by atoms with van der Waals surface area (Å²) in [7, 11) is 0. The quantitative estimate of drug-likeness (QED) is 0.927. The molecule has 18 heavy (non-hydrogen) atoms. The largest absolute Gasteiger partial charge is 0.352 e. The van der Waals surface area contributed by atoms with Gasteiger partial charge in [-0.2, -0.15) is 0 Å². The normalized spacial score (nSPS) is 10.3. The van der Waals surface area contributed by atoms with Gasteiger partial charge >= 0.3 is 0 Å². The number of hydrogen-bond acceptors (Lipinski definition) is 2. The average Bonchev–Trinajstić information content (AvgIpc) is 2.24. The molecule has 0 radical (unpaired) electrons. The molecule has 2 amide bonds. The van der Waals surface area contributed by atoms with Crippen LogP contribution < -0.4 is 10.2 Å². The molecule has 0 saturated carbocycles. The van der Waals surface area contributed by atoms with Gasteiger partial charge in [-0.25, -0.2) is 0 Å². The Hall–Kier alpha value is -1.36. The molecule has 0 aliphatic rings. The van der Waals surface area contributed by atoms with Gasteiger partial charge in [0, 0.05) is 23.1 Å². The van der Waals surface area contributed by atoms with E-state index in [9.17, 15) is 9.59 Å². The van der Waals surface area contributed by atoms with E-state index in [1.165, 1.54) is 11.8 Å². The number of hydrogen-bond donors (Lipinski definition) is 1. The molecule has 1 aromatic rings. The third-order valence-corrected chi connectivity index (χ3v) is 2.74. The third-order valence-electron chi connectivity index (χ3n) is 2.25. The fourth-order valence-electron chi connectivity index (χ4n) is 1.54. The second-order valence-electron chi connectivity index (χ2n) is 4.31. The topological polar surface area (TPSA) is 49.4 Å². The Morgan fingerprint density at radius 2 is 2.06 bits per heavy atom. The Bertz CT molecular complexity index is 446. The fourth-order valence-corrected chi connectivity index (χ4v) is 1.93. The summed E-state index contributed by atoms with van der Waals surface area (Å²) >= 11 is 3.35. The summed E-state index contributed by atoms with van der Waals surface area (Å²) in [4.78, 5) is 24.8. The first-order chi connectivity index (χ1) is 8.40. The minimum atomic E-state index is -0.167. The van der Waals surface area contributed by atoms with E-state index in [1.807, 2.05) is 32.0 Å². The zero-order valence-corrected chi connectivity index (χ0v) is 12.3. The Morgan fingerprint density at radius 1 is 1.39 bits per heavy atom. The number of benzene rings is 1. The molecule has 0 atom stereocenters. The van der Waals surface area contributed by atoms with Gasteiger partial charge in [0.15, 0.2) is 0 Å². The highest BCUT2D eigenvalue weighted by molar-refractivity contribution is 9.10. The molecule has 98 valence electrons. The van der Waals surface area contributed by atoms with Crippen molar-refractivity contribution in [3.63, 3.8) is 0 Å². The van der Waals surface area contributed by atoms with Crippen molar-refractivity contribution >= 4 is 33.4 Å². The van der Waals surface area contributed by atoms with Crippen molar-refractivity contribution in [3.8, 4) is 0 Å². The van der Waals surface area contributed by atoms with Crippen LogP contribution in [0.1, 0.15) is 20.8 Å². The molecule has 0 fully saturated rings. The summed E-state index contributed by atoms with van der Waals surface area (Å²) in [6.07, 6.45) is 0. The number of nitrogens with one attached hydrogen (secondary N) is 1. The van der Waals surface area contributed by atoms with Gasteiger partial charge in [-0.15, -0.1) is 0 Å². The van der Waals surface area contributed by atoms with E-state index < -0.39 is 0 Å². The van der Waals surface area contributed by atoms with Crippen molar-refractivity contribution in [2.75, 3.05) is 11.4 Å². The lowest BCUT2D eigenvalue weighted by atomic mass is 10.2. The van der Waals surface area contributed by atoms with E-state index >= 15 is 0 Å². The molecule has 1 N–H and O–H groups in total. The summed E-state index contributed by atoms with van der Waals surface area (Å²) in [5, 5.41) is 2.77. The standard InChI is InChI=1S/C13H17BrN2O2/c1-9(2)15-13(18)8-16(10(3)17)12-6-4-5-11(14)7-12/h4-7,9H,8H2,1-3H3,(H,15,18). The van der Waals surface area contributed by atoms with Gasteiger partial charge in [-0.1, -0.05) is 22.0 Å². The van der Waals surface area contributed by atoms with Crippen LogP contribution in [0.4, 0.5) is 5.69 Å². The fraction of sp³-hybridized carbons (Fsp3) is 0.385. The molecular formula is C13H17BrN2O2. The minimum absolute atomic E-state index is 0.0317. The number of amides is 2. The second-order valence-corrected chi connectivity index (χ2v) is 5.22. The lowest BCUT2D eigenvalue weighted by molar-refractivity contribution is -0.123. The zero-order chi connectivity index (χ0) is 13.7. The summed E-state index contributed by atoms with van der Waals surface area (Å²) in [5.74, 6) is -0.327. The van der Waals surface area contributed by atoms with Gasteiger partial charge in [0.2, 0.25) is 11.8 Å². The van der Waals surface area contributed by atoms with Crippen LogP contribution in [0.3, 0.4) is 0 Å². The number of halogens is 1. The monoisotopic (exact) mass is 312 g/mol. The lowest BCUT2D eigenvalue weighted by Gasteiger charge is -2.21. The van der Waals surface area contributed by atoms with Crippen LogP contribution in [0.5, 0.6) is 0 Å². The summed E-state index contributed by atoms with van der Waals surface area (Å²) in [6.45, 7) is 5.25. The number of anilines is 1. The first kappa shape index (κ1) is 14.7. The number of nitrogens with zero attached hydrogens (tertiary/aromatic N) is 1. The van der Waals surface area contributed by atoms with E-state index in [4.69, 9.17) is 0 Å². The van der Waals surface area contributed by atoms with Crippen LogP contribution in [0.15, 0.2) is 28.7 Å². The molecule has 0 aromatic heterocycles. The first-order valence-electron chi connectivity index (χ1n) is 5.73. The molecular weight excluding hydrogens is 296 g/mol. The first-order valence-corrected chi connectivity index (χ1v) is 6.52. The lowest BCUT2D eigenvalue weighted by Crippen LogP contribution is -2.42.